The van der Waals surface area contributed by atoms with Crippen LogP contribution in [0.3, 0.4) is 0 Å². The summed E-state index contributed by atoms with van der Waals surface area (Å²) < 4.78 is 29.0. The van der Waals surface area contributed by atoms with Crippen LogP contribution in [0, 0.1) is 0 Å². The van der Waals surface area contributed by atoms with Crippen LogP contribution in [-0.2, 0) is 11.2 Å². The van der Waals surface area contributed by atoms with Gasteiger partial charge in [-0.1, -0.05) is 36.7 Å². The maximum absolute atomic E-state index is 12.5. The van der Waals surface area contributed by atoms with Crippen LogP contribution < -0.4 is 18.9 Å². The molecule has 2 atom stereocenters. The molecule has 4 rings (SSSR count). The minimum Gasteiger partial charge on any atom is -0.494 e. The van der Waals surface area contributed by atoms with E-state index >= 15 is 0 Å². The molecule has 0 bridgehead atoms. The van der Waals surface area contributed by atoms with Gasteiger partial charge in [-0.25, -0.2) is 0 Å². The summed E-state index contributed by atoms with van der Waals surface area (Å²) in [5.74, 6) is 1.90. The Labute approximate surface area is 245 Å². The van der Waals surface area contributed by atoms with Crippen molar-refractivity contribution in [1.82, 2.24) is 5.06 Å². The highest BCUT2D eigenvalue weighted by Crippen LogP contribution is 2.46. The molecule has 0 saturated carbocycles. The number of hydrogen-bond acceptors (Lipinski definition) is 7. The van der Waals surface area contributed by atoms with E-state index in [1.165, 1.54) is 12.3 Å². The zero-order valence-electron chi connectivity index (χ0n) is 23.8. The molecule has 218 valence electrons. The number of amides is 1. The Morgan fingerprint density at radius 3 is 2.29 bits per heavy atom. The number of carbonyl (C=O) groups is 1. The average Bonchev–Trinajstić information content (AvgIpc) is 3.49. The molecule has 1 N–H and O–H groups in total. The highest BCUT2D eigenvalue weighted by Gasteiger charge is 2.30. The molecule has 3 aromatic carbocycles. The molecule has 1 heterocycles. The molecule has 0 aromatic heterocycles. The summed E-state index contributed by atoms with van der Waals surface area (Å²) in [6, 6.07) is 16.4. The fourth-order valence-corrected chi connectivity index (χ4v) is 5.01. The largest absolute Gasteiger partial charge is 0.494 e. The molecule has 3 aromatic rings. The summed E-state index contributed by atoms with van der Waals surface area (Å²) in [6.07, 6.45) is 5.79. The lowest BCUT2D eigenvalue weighted by Crippen LogP contribution is -2.21. The lowest BCUT2D eigenvalue weighted by Gasteiger charge is -2.19. The summed E-state index contributed by atoms with van der Waals surface area (Å²) in [5.41, 5.74) is 3.22. The van der Waals surface area contributed by atoms with Crippen LogP contribution in [0.4, 0.5) is 0 Å². The Bertz CT molecular complexity index is 1350. The molecule has 1 aliphatic heterocycles. The number of carbonyl (C=O) groups excluding carboxylic acids is 1. The van der Waals surface area contributed by atoms with Gasteiger partial charge in [-0.3, -0.25) is 10.0 Å². The van der Waals surface area contributed by atoms with Gasteiger partial charge in [-0.15, -0.1) is 0 Å². The third-order valence-corrected chi connectivity index (χ3v) is 7.03. The Hall–Kier alpha value is -3.72. The quantitative estimate of drug-likeness (QED) is 0.177. The summed E-state index contributed by atoms with van der Waals surface area (Å²) >= 11 is 5.97. The van der Waals surface area contributed by atoms with Gasteiger partial charge >= 0.3 is 0 Å². The molecule has 1 saturated heterocycles. The van der Waals surface area contributed by atoms with Gasteiger partial charge in [0.15, 0.2) is 11.5 Å². The fourth-order valence-electron chi connectivity index (χ4n) is 4.82. The van der Waals surface area contributed by atoms with Crippen LogP contribution in [0.25, 0.3) is 0 Å². The molecule has 2 unspecified atom stereocenters. The van der Waals surface area contributed by atoms with Crippen molar-refractivity contribution in [3.8, 4) is 23.0 Å². The SMILES string of the molecule is CCCOc1cc(CC=CN(O)C(=O)c2cccc(Cl)c2)cc(C2CCC(c3cc(OC)c(OC)c(OC)c3)O2)c1. The van der Waals surface area contributed by atoms with E-state index in [0.717, 1.165) is 41.7 Å². The second kappa shape index (κ2) is 14.3. The standard InChI is InChI=1S/C32H36ClNO7/c1-5-14-40-26-16-21(8-7-13-34(36)32(35)22-9-6-10-25(33)17-22)15-23(18-26)27-11-12-28(41-27)24-19-29(37-2)31(39-4)30(20-24)38-3/h6-7,9-10,13,15-20,27-28,36H,5,8,11-12,14H2,1-4H3. The number of methoxy groups -OCH3 is 3. The average molecular weight is 582 g/mol. The first-order valence-electron chi connectivity index (χ1n) is 13.5. The van der Waals surface area contributed by atoms with Gasteiger partial charge in [0.25, 0.3) is 5.91 Å². The molecule has 41 heavy (non-hydrogen) atoms. The number of allylic oxidation sites excluding steroid dienone is 1. The predicted octanol–water partition coefficient (Wildman–Crippen LogP) is 7.34. The summed E-state index contributed by atoms with van der Waals surface area (Å²) in [6.45, 7) is 2.65. The molecular weight excluding hydrogens is 546 g/mol. The van der Waals surface area contributed by atoms with Crippen molar-refractivity contribution in [3.05, 3.63) is 94.1 Å². The minimum absolute atomic E-state index is 0.134. The van der Waals surface area contributed by atoms with Gasteiger partial charge in [0.2, 0.25) is 5.75 Å². The third kappa shape index (κ3) is 7.52. The van der Waals surface area contributed by atoms with Crippen molar-refractivity contribution in [2.45, 2.75) is 44.8 Å². The van der Waals surface area contributed by atoms with E-state index in [2.05, 4.69) is 13.0 Å². The first-order chi connectivity index (χ1) is 19.9. The Morgan fingerprint density at radius 1 is 1.00 bits per heavy atom. The van der Waals surface area contributed by atoms with E-state index in [9.17, 15) is 10.0 Å². The summed E-state index contributed by atoms with van der Waals surface area (Å²) in [5, 5.41) is 11.3. The van der Waals surface area contributed by atoms with E-state index < -0.39 is 5.91 Å². The van der Waals surface area contributed by atoms with Crippen molar-refractivity contribution in [3.63, 3.8) is 0 Å². The van der Waals surface area contributed by atoms with Crippen molar-refractivity contribution < 1.29 is 33.7 Å². The smallest absolute Gasteiger partial charge is 0.281 e. The van der Waals surface area contributed by atoms with E-state index in [0.29, 0.717) is 45.9 Å². The van der Waals surface area contributed by atoms with Gasteiger partial charge in [0.1, 0.15) is 5.75 Å². The lowest BCUT2D eigenvalue weighted by atomic mass is 10.0. The molecule has 9 heteroatoms. The second-order valence-electron chi connectivity index (χ2n) is 9.66. The Balaban J connectivity index is 1.50. The number of nitrogens with zero attached hydrogens (tertiary/aromatic N) is 1. The minimum atomic E-state index is -0.568. The number of hydroxylamine groups is 2. The number of rotatable bonds is 12. The van der Waals surface area contributed by atoms with Crippen molar-refractivity contribution in [1.29, 1.82) is 0 Å². The monoisotopic (exact) mass is 581 g/mol. The van der Waals surface area contributed by atoms with Gasteiger partial charge in [-0.05, 0) is 84.8 Å². The van der Waals surface area contributed by atoms with Crippen LogP contribution in [-0.4, -0.2) is 44.1 Å². The Morgan fingerprint density at radius 2 is 1.68 bits per heavy atom. The third-order valence-electron chi connectivity index (χ3n) is 6.79. The van der Waals surface area contributed by atoms with Crippen molar-refractivity contribution in [2.75, 3.05) is 27.9 Å². The lowest BCUT2D eigenvalue weighted by molar-refractivity contribution is -0.0204. The molecule has 0 radical (unpaired) electrons. The normalized spacial score (nSPS) is 16.5. The van der Waals surface area contributed by atoms with Crippen LogP contribution in [0.1, 0.15) is 65.4 Å². The summed E-state index contributed by atoms with van der Waals surface area (Å²) in [7, 11) is 4.78. The van der Waals surface area contributed by atoms with E-state index in [1.807, 2.05) is 24.3 Å². The first kappa shape index (κ1) is 30.2. The van der Waals surface area contributed by atoms with E-state index in [1.54, 1.807) is 45.6 Å². The van der Waals surface area contributed by atoms with Crippen molar-refractivity contribution in [2.24, 2.45) is 0 Å². The molecule has 0 aliphatic carbocycles. The molecule has 1 aliphatic rings. The van der Waals surface area contributed by atoms with Crippen LogP contribution >= 0.6 is 11.6 Å². The van der Waals surface area contributed by atoms with Gasteiger partial charge in [0, 0.05) is 16.8 Å². The second-order valence-corrected chi connectivity index (χ2v) is 10.1. The molecule has 0 spiro atoms. The summed E-state index contributed by atoms with van der Waals surface area (Å²) in [4.78, 5) is 12.5. The predicted molar refractivity (Wildman–Crippen MR) is 156 cm³/mol. The van der Waals surface area contributed by atoms with Gasteiger partial charge in [0.05, 0.1) is 40.1 Å². The van der Waals surface area contributed by atoms with Gasteiger partial charge < -0.3 is 23.7 Å². The maximum Gasteiger partial charge on any atom is 0.281 e. The van der Waals surface area contributed by atoms with Crippen LogP contribution in [0.2, 0.25) is 5.02 Å². The van der Waals surface area contributed by atoms with E-state index in [4.69, 9.17) is 35.3 Å². The van der Waals surface area contributed by atoms with Crippen LogP contribution in [0.5, 0.6) is 23.0 Å². The first-order valence-corrected chi connectivity index (χ1v) is 13.9. The fraction of sp³-hybridized carbons (Fsp3) is 0.344. The number of ether oxygens (including phenoxy) is 5. The van der Waals surface area contributed by atoms with Gasteiger partial charge in [-0.2, -0.15) is 5.06 Å². The highest BCUT2D eigenvalue weighted by atomic mass is 35.5. The molecule has 1 amide bonds. The van der Waals surface area contributed by atoms with Crippen molar-refractivity contribution >= 4 is 17.5 Å². The number of halogens is 1. The van der Waals surface area contributed by atoms with Crippen LogP contribution in [0.15, 0.2) is 66.9 Å². The molecular formula is C32H36ClNO7. The Kier molecular flexibility index (Phi) is 10.5. The zero-order valence-corrected chi connectivity index (χ0v) is 24.5. The number of hydrogen-bond donors (Lipinski definition) is 1. The molecule has 1 fully saturated rings. The maximum atomic E-state index is 12.5. The topological polar surface area (TPSA) is 86.7 Å². The van der Waals surface area contributed by atoms with E-state index in [-0.39, 0.29) is 12.2 Å². The zero-order chi connectivity index (χ0) is 29.4. The number of benzene rings is 3. The molecule has 8 nitrogen and oxygen atoms in total. The highest BCUT2D eigenvalue weighted by molar-refractivity contribution is 6.30.